The fraction of sp³-hybridized carbons (Fsp3) is 0.0857. The molecule has 10 rings (SSSR count). The predicted molar refractivity (Wildman–Crippen MR) is 178 cm³/mol. The molecule has 1 aliphatic heterocycles. The summed E-state index contributed by atoms with van der Waals surface area (Å²) in [4.78, 5) is 1.44. The molecule has 0 saturated heterocycles. The highest BCUT2D eigenvalue weighted by Crippen LogP contribution is 2.55. The highest BCUT2D eigenvalue weighted by atomic mass is 32.2. The Balaban J connectivity index is 1.34. The molecular weight excluding hydrogens is 549 g/mol. The lowest BCUT2D eigenvalue weighted by atomic mass is 9.77. The van der Waals surface area contributed by atoms with Gasteiger partial charge < -0.3 is 0 Å². The first-order valence-corrected chi connectivity index (χ1v) is 16.6. The lowest BCUT2D eigenvalue weighted by Gasteiger charge is -2.28. The lowest BCUT2D eigenvalue weighted by molar-refractivity contribution is 0.621. The van der Waals surface area contributed by atoms with Crippen molar-refractivity contribution in [3.05, 3.63) is 103 Å². The van der Waals surface area contributed by atoms with Gasteiger partial charge in [0, 0.05) is 81.5 Å². The summed E-state index contributed by atoms with van der Waals surface area (Å²) in [5.41, 5.74) is 1.56. The standard InChI is InChI=1S/C35H20S4/c1-35-13-5-4-8-31(35)39-30-16-22-29(17-23(30)35)38-26-12-10-18-9-11-25-33(32(18)34(22)26)21-15-27-20(14-28(21)37-25)19-6-2-3-7-24(19)36-27/h2-17,31H,1H3. The van der Waals surface area contributed by atoms with Crippen LogP contribution in [0.25, 0.3) is 71.3 Å². The van der Waals surface area contributed by atoms with Crippen molar-refractivity contribution in [2.24, 2.45) is 0 Å². The van der Waals surface area contributed by atoms with Gasteiger partial charge in [-0.2, -0.15) is 0 Å². The second-order valence-corrected chi connectivity index (χ2v) is 15.5. The van der Waals surface area contributed by atoms with Gasteiger partial charge in [0.25, 0.3) is 0 Å². The molecule has 5 aromatic carbocycles. The number of fused-ring (bicyclic) bond motifs is 15. The average Bonchev–Trinajstić information content (AvgIpc) is 3.68. The van der Waals surface area contributed by atoms with E-state index < -0.39 is 0 Å². The van der Waals surface area contributed by atoms with Crippen molar-refractivity contribution in [2.75, 3.05) is 0 Å². The second-order valence-electron chi connectivity index (χ2n) is 11.0. The summed E-state index contributed by atoms with van der Waals surface area (Å²) < 4.78 is 8.32. The number of thiophene rings is 3. The molecule has 2 aliphatic rings. The van der Waals surface area contributed by atoms with E-state index in [9.17, 15) is 0 Å². The van der Waals surface area contributed by atoms with Gasteiger partial charge in [-0.1, -0.05) is 61.6 Å². The molecule has 8 aromatic rings. The summed E-state index contributed by atoms with van der Waals surface area (Å²) in [6.07, 6.45) is 9.21. The normalized spacial score (nSPS) is 20.5. The van der Waals surface area contributed by atoms with E-state index in [1.165, 1.54) is 81.7 Å². The minimum absolute atomic E-state index is 0.0770. The maximum absolute atomic E-state index is 2.51. The van der Waals surface area contributed by atoms with Crippen LogP contribution in [0, 0.1) is 0 Å². The molecule has 2 atom stereocenters. The zero-order valence-corrected chi connectivity index (χ0v) is 24.2. The van der Waals surface area contributed by atoms with Gasteiger partial charge in [-0.3, -0.25) is 0 Å². The SMILES string of the molecule is CC12C=CC=CC1Sc1cc3c(cc12)sc1ccc2ccc4sc5cc6c(cc5c4c2c13)sc1ccccc16. The molecule has 0 saturated carbocycles. The maximum atomic E-state index is 2.51. The van der Waals surface area contributed by atoms with E-state index in [1.54, 1.807) is 0 Å². The molecule has 4 heteroatoms. The molecule has 0 amide bonds. The Morgan fingerprint density at radius 3 is 2.13 bits per heavy atom. The molecule has 0 spiro atoms. The molecule has 0 bridgehead atoms. The molecule has 0 N–H and O–H groups in total. The number of rotatable bonds is 0. The summed E-state index contributed by atoms with van der Waals surface area (Å²) in [7, 11) is 0. The molecule has 1 aliphatic carbocycles. The van der Waals surface area contributed by atoms with Crippen LogP contribution in [0.15, 0.2) is 102 Å². The van der Waals surface area contributed by atoms with Gasteiger partial charge in [0.2, 0.25) is 0 Å². The second kappa shape index (κ2) is 7.32. The van der Waals surface area contributed by atoms with E-state index in [0.29, 0.717) is 5.25 Å². The van der Waals surface area contributed by atoms with Crippen LogP contribution in [-0.2, 0) is 5.41 Å². The first-order valence-electron chi connectivity index (χ1n) is 13.3. The maximum Gasteiger partial charge on any atom is 0.0407 e. The summed E-state index contributed by atoms with van der Waals surface area (Å²) in [6.45, 7) is 2.40. The highest BCUT2D eigenvalue weighted by Gasteiger charge is 2.42. The highest BCUT2D eigenvalue weighted by molar-refractivity contribution is 8.00. The van der Waals surface area contributed by atoms with E-state index in [1.807, 2.05) is 45.8 Å². The van der Waals surface area contributed by atoms with Crippen molar-refractivity contribution >= 4 is 117 Å². The van der Waals surface area contributed by atoms with Crippen LogP contribution < -0.4 is 0 Å². The molecule has 184 valence electrons. The monoisotopic (exact) mass is 568 g/mol. The molecule has 0 radical (unpaired) electrons. The van der Waals surface area contributed by atoms with E-state index in [4.69, 9.17) is 0 Å². The number of allylic oxidation sites excluding steroid dienone is 3. The average molecular weight is 569 g/mol. The minimum Gasteiger partial charge on any atom is -0.135 e. The number of hydrogen-bond donors (Lipinski definition) is 0. The smallest absolute Gasteiger partial charge is 0.0407 e. The van der Waals surface area contributed by atoms with Crippen LogP contribution in [-0.4, -0.2) is 5.25 Å². The van der Waals surface area contributed by atoms with Gasteiger partial charge in [-0.25, -0.2) is 0 Å². The van der Waals surface area contributed by atoms with Crippen LogP contribution in [0.4, 0.5) is 0 Å². The Labute approximate surface area is 240 Å². The van der Waals surface area contributed by atoms with Crippen molar-refractivity contribution < 1.29 is 0 Å². The summed E-state index contributed by atoms with van der Waals surface area (Å²) >= 11 is 7.85. The van der Waals surface area contributed by atoms with Crippen molar-refractivity contribution in [1.29, 1.82) is 0 Å². The number of benzene rings is 5. The van der Waals surface area contributed by atoms with Crippen LogP contribution in [0.3, 0.4) is 0 Å². The third-order valence-corrected chi connectivity index (χ3v) is 13.8. The van der Waals surface area contributed by atoms with Crippen LogP contribution in [0.1, 0.15) is 12.5 Å². The van der Waals surface area contributed by atoms with Crippen molar-refractivity contribution in [2.45, 2.75) is 22.5 Å². The van der Waals surface area contributed by atoms with Gasteiger partial charge in [-0.05, 0) is 53.4 Å². The zero-order valence-electron chi connectivity index (χ0n) is 20.9. The van der Waals surface area contributed by atoms with E-state index >= 15 is 0 Å². The topological polar surface area (TPSA) is 0 Å². The van der Waals surface area contributed by atoms with Gasteiger partial charge in [0.15, 0.2) is 0 Å². The quantitative estimate of drug-likeness (QED) is 0.175. The van der Waals surface area contributed by atoms with E-state index in [-0.39, 0.29) is 5.41 Å². The third kappa shape index (κ3) is 2.71. The molecule has 3 aromatic heterocycles. The van der Waals surface area contributed by atoms with Gasteiger partial charge in [0.1, 0.15) is 0 Å². The first-order chi connectivity index (χ1) is 19.2. The minimum atomic E-state index is 0.0770. The Morgan fingerprint density at radius 1 is 0.590 bits per heavy atom. The molecular formula is C35H20S4. The fourth-order valence-electron chi connectivity index (χ4n) is 6.97. The Kier molecular flexibility index (Phi) is 4.06. The van der Waals surface area contributed by atoms with Crippen LogP contribution in [0.2, 0.25) is 0 Å². The fourth-order valence-corrected chi connectivity index (χ4v) is 11.8. The Morgan fingerprint density at radius 2 is 1.28 bits per heavy atom. The van der Waals surface area contributed by atoms with E-state index in [0.717, 1.165) is 0 Å². The van der Waals surface area contributed by atoms with Gasteiger partial charge in [0.05, 0.1) is 0 Å². The van der Waals surface area contributed by atoms with Crippen molar-refractivity contribution in [3.63, 3.8) is 0 Å². The summed E-state index contributed by atoms with van der Waals surface area (Å²) in [5.74, 6) is 0. The van der Waals surface area contributed by atoms with Gasteiger partial charge >= 0.3 is 0 Å². The van der Waals surface area contributed by atoms with Crippen molar-refractivity contribution in [1.82, 2.24) is 0 Å². The Hall–Kier alpha value is -3.15. The molecule has 0 nitrogen and oxygen atoms in total. The molecule has 0 fully saturated rings. The summed E-state index contributed by atoms with van der Waals surface area (Å²) in [5, 5.41) is 11.7. The molecule has 4 heterocycles. The largest absolute Gasteiger partial charge is 0.135 e. The van der Waals surface area contributed by atoms with Crippen molar-refractivity contribution in [3.8, 4) is 0 Å². The molecule has 39 heavy (non-hydrogen) atoms. The first kappa shape index (κ1) is 21.6. The zero-order chi connectivity index (χ0) is 25.5. The summed E-state index contributed by atoms with van der Waals surface area (Å²) in [6, 6.07) is 28.1. The van der Waals surface area contributed by atoms with E-state index in [2.05, 4.69) is 104 Å². The predicted octanol–water partition coefficient (Wildman–Crippen LogP) is 11.8. The Bertz CT molecular complexity index is 2440. The lowest BCUT2D eigenvalue weighted by Crippen LogP contribution is -2.28. The third-order valence-electron chi connectivity index (χ3n) is 8.91. The molecule has 2 unspecified atom stereocenters. The van der Waals surface area contributed by atoms with Crippen LogP contribution in [0.5, 0.6) is 0 Å². The number of thioether (sulfide) groups is 1. The van der Waals surface area contributed by atoms with Crippen LogP contribution >= 0.6 is 45.8 Å². The van der Waals surface area contributed by atoms with Gasteiger partial charge in [-0.15, -0.1) is 45.8 Å². The number of hydrogen-bond acceptors (Lipinski definition) is 4.